The number of nitrogens with one attached hydrogen (secondary N) is 2. The lowest BCUT2D eigenvalue weighted by Gasteiger charge is -2.13. The number of hydrogen-bond donors (Lipinski definition) is 2. The minimum atomic E-state index is 0.0215. The van der Waals surface area contributed by atoms with Crippen LogP contribution in [0.3, 0.4) is 0 Å². The Labute approximate surface area is 144 Å². The van der Waals surface area contributed by atoms with E-state index in [0.717, 1.165) is 33.3 Å². The van der Waals surface area contributed by atoms with E-state index in [4.69, 9.17) is 0 Å². The number of carbonyl (C=O) groups excluding carboxylic acids is 1. The third-order valence-electron chi connectivity index (χ3n) is 4.84. The van der Waals surface area contributed by atoms with Crippen LogP contribution in [0, 0.1) is 0 Å². The van der Waals surface area contributed by atoms with Gasteiger partial charge in [-0.3, -0.25) is 15.1 Å². The summed E-state index contributed by atoms with van der Waals surface area (Å²) in [5.41, 5.74) is 4.55. The molecule has 0 saturated heterocycles. The van der Waals surface area contributed by atoms with Crippen LogP contribution in [0.2, 0.25) is 0 Å². The number of pyridine rings is 1. The predicted molar refractivity (Wildman–Crippen MR) is 95.4 cm³/mol. The molecule has 0 aliphatic carbocycles. The van der Waals surface area contributed by atoms with Crippen molar-refractivity contribution in [1.82, 2.24) is 19.9 Å². The summed E-state index contributed by atoms with van der Waals surface area (Å²) in [7, 11) is 0. The molecule has 25 heavy (non-hydrogen) atoms. The van der Waals surface area contributed by atoms with Gasteiger partial charge < -0.3 is 9.55 Å². The quantitative estimate of drug-likeness (QED) is 0.568. The Balaban J connectivity index is 1.56. The molecular formula is C20H16N4O. The maximum atomic E-state index is 13.1. The fraction of sp³-hybridized carbons (Fsp3) is 0.100. The molecule has 1 atom stereocenters. The first-order valence-electron chi connectivity index (χ1n) is 8.27. The number of aromatic amines is 1. The number of fused-ring (bicyclic) bond motifs is 2. The van der Waals surface area contributed by atoms with Crippen LogP contribution in [0.4, 0.5) is 0 Å². The van der Waals surface area contributed by atoms with Gasteiger partial charge in [0.05, 0.1) is 0 Å². The first-order chi connectivity index (χ1) is 12.3. The molecule has 0 amide bonds. The van der Waals surface area contributed by atoms with Crippen molar-refractivity contribution in [1.29, 1.82) is 0 Å². The number of hydrogen-bond acceptors (Lipinski definition) is 3. The van der Waals surface area contributed by atoms with Crippen molar-refractivity contribution in [3.8, 4) is 0 Å². The van der Waals surface area contributed by atoms with Gasteiger partial charge in [-0.05, 0) is 18.2 Å². The summed E-state index contributed by atoms with van der Waals surface area (Å²) in [4.78, 5) is 20.5. The summed E-state index contributed by atoms with van der Waals surface area (Å²) < 4.78 is 2.12. The Bertz CT molecular complexity index is 1080. The van der Waals surface area contributed by atoms with E-state index < -0.39 is 0 Å². The van der Waals surface area contributed by atoms with Gasteiger partial charge in [0.2, 0.25) is 0 Å². The first kappa shape index (κ1) is 14.2. The molecule has 5 rings (SSSR count). The van der Waals surface area contributed by atoms with Crippen molar-refractivity contribution in [2.75, 3.05) is 0 Å². The van der Waals surface area contributed by atoms with E-state index in [1.807, 2.05) is 54.9 Å². The summed E-state index contributed by atoms with van der Waals surface area (Å²) in [6.07, 6.45) is 7.43. The normalized spacial score (nSPS) is 16.2. The van der Waals surface area contributed by atoms with Crippen molar-refractivity contribution in [2.45, 2.75) is 12.7 Å². The number of nitrogens with zero attached hydrogens (tertiary/aromatic N) is 2. The molecule has 1 aromatic carbocycles. The third-order valence-corrected chi connectivity index (χ3v) is 4.84. The lowest BCUT2D eigenvalue weighted by atomic mass is 10.0. The van der Waals surface area contributed by atoms with Crippen LogP contribution in [-0.2, 0) is 6.54 Å². The van der Waals surface area contributed by atoms with Crippen LogP contribution in [0.15, 0.2) is 67.3 Å². The summed E-state index contributed by atoms with van der Waals surface area (Å²) in [6.45, 7) is 0.663. The van der Waals surface area contributed by atoms with Gasteiger partial charge in [0, 0.05) is 64.6 Å². The number of aromatic nitrogens is 3. The monoisotopic (exact) mass is 328 g/mol. The molecule has 5 nitrogen and oxygen atoms in total. The van der Waals surface area contributed by atoms with Gasteiger partial charge in [0.25, 0.3) is 0 Å². The van der Waals surface area contributed by atoms with Crippen molar-refractivity contribution >= 4 is 16.7 Å². The van der Waals surface area contributed by atoms with Crippen molar-refractivity contribution < 1.29 is 4.79 Å². The lowest BCUT2D eigenvalue weighted by molar-refractivity contribution is 0.103. The lowest BCUT2D eigenvalue weighted by Crippen LogP contribution is -2.17. The topological polar surface area (TPSA) is 62.7 Å². The van der Waals surface area contributed by atoms with E-state index in [1.165, 1.54) is 0 Å². The van der Waals surface area contributed by atoms with Crippen LogP contribution < -0.4 is 5.32 Å². The van der Waals surface area contributed by atoms with E-state index in [-0.39, 0.29) is 11.9 Å². The largest absolute Gasteiger partial charge is 0.360 e. The van der Waals surface area contributed by atoms with Crippen molar-refractivity contribution in [2.24, 2.45) is 0 Å². The van der Waals surface area contributed by atoms with Gasteiger partial charge >= 0.3 is 0 Å². The highest BCUT2D eigenvalue weighted by Gasteiger charge is 2.28. The van der Waals surface area contributed by atoms with Crippen LogP contribution in [-0.4, -0.2) is 20.3 Å². The molecule has 3 aromatic heterocycles. The number of benzene rings is 1. The Kier molecular flexibility index (Phi) is 3.08. The second-order valence-corrected chi connectivity index (χ2v) is 6.23. The fourth-order valence-corrected chi connectivity index (χ4v) is 3.63. The highest BCUT2D eigenvalue weighted by atomic mass is 16.1. The Morgan fingerprint density at radius 3 is 2.92 bits per heavy atom. The van der Waals surface area contributed by atoms with Crippen LogP contribution in [0.5, 0.6) is 0 Å². The molecular weight excluding hydrogens is 312 g/mol. The van der Waals surface area contributed by atoms with Gasteiger partial charge in [-0.2, -0.15) is 0 Å². The Morgan fingerprint density at radius 1 is 1.12 bits per heavy atom. The maximum absolute atomic E-state index is 13.1. The van der Waals surface area contributed by atoms with Crippen molar-refractivity contribution in [3.63, 3.8) is 0 Å². The Hall–Kier alpha value is -3.18. The van der Waals surface area contributed by atoms with Gasteiger partial charge in [-0.25, -0.2) is 0 Å². The average molecular weight is 328 g/mol. The zero-order valence-electron chi connectivity index (χ0n) is 13.4. The fourth-order valence-electron chi connectivity index (χ4n) is 3.63. The zero-order chi connectivity index (χ0) is 16.8. The van der Waals surface area contributed by atoms with Crippen LogP contribution in [0.25, 0.3) is 10.9 Å². The molecule has 5 heteroatoms. The summed E-state index contributed by atoms with van der Waals surface area (Å²) in [5, 5.41) is 4.42. The molecule has 4 heterocycles. The molecule has 0 fully saturated rings. The van der Waals surface area contributed by atoms with Gasteiger partial charge in [-0.1, -0.05) is 24.3 Å². The predicted octanol–water partition coefficient (Wildman–Crippen LogP) is 3.25. The molecule has 2 N–H and O–H groups in total. The van der Waals surface area contributed by atoms with E-state index >= 15 is 0 Å². The molecule has 1 aliphatic rings. The van der Waals surface area contributed by atoms with Crippen LogP contribution in [0.1, 0.15) is 33.3 Å². The molecule has 1 aliphatic heterocycles. The van der Waals surface area contributed by atoms with E-state index in [1.54, 1.807) is 12.4 Å². The van der Waals surface area contributed by atoms with Crippen molar-refractivity contribution in [3.05, 3.63) is 89.6 Å². The van der Waals surface area contributed by atoms with E-state index in [2.05, 4.69) is 19.9 Å². The minimum Gasteiger partial charge on any atom is -0.360 e. The number of carbonyl (C=O) groups is 1. The summed E-state index contributed by atoms with van der Waals surface area (Å²) >= 11 is 0. The average Bonchev–Trinajstić information content (AvgIpc) is 3.36. The second kappa shape index (κ2) is 5.43. The first-order valence-corrected chi connectivity index (χ1v) is 8.27. The number of ketones is 1. The summed E-state index contributed by atoms with van der Waals surface area (Å²) in [6, 6.07) is 13.8. The second-order valence-electron chi connectivity index (χ2n) is 6.23. The molecule has 0 spiro atoms. The smallest absolute Gasteiger partial charge is 0.197 e. The van der Waals surface area contributed by atoms with Gasteiger partial charge in [0.15, 0.2) is 5.78 Å². The summed E-state index contributed by atoms with van der Waals surface area (Å²) in [5.74, 6) is 0.0554. The Morgan fingerprint density at radius 2 is 2.04 bits per heavy atom. The number of rotatable bonds is 3. The zero-order valence-corrected chi connectivity index (χ0v) is 13.4. The highest BCUT2D eigenvalue weighted by Crippen LogP contribution is 2.29. The number of para-hydroxylation sites is 1. The number of H-pyrrole nitrogens is 1. The third kappa shape index (κ3) is 2.13. The molecule has 1 unspecified atom stereocenters. The van der Waals surface area contributed by atoms with E-state index in [9.17, 15) is 4.79 Å². The van der Waals surface area contributed by atoms with Gasteiger partial charge in [0.1, 0.15) is 6.17 Å². The molecule has 0 bridgehead atoms. The molecule has 4 aromatic rings. The molecule has 0 saturated carbocycles. The standard InChI is InChI=1S/C20H16N4O/c25-19(16-11-22-17-6-2-1-5-14(16)17)15-7-9-24-18(15)12-23-20(24)13-4-3-8-21-10-13/h1-11,20,22-23H,12H2. The van der Waals surface area contributed by atoms with Crippen LogP contribution >= 0.6 is 0 Å². The van der Waals surface area contributed by atoms with Gasteiger partial charge in [-0.15, -0.1) is 0 Å². The van der Waals surface area contributed by atoms with E-state index in [0.29, 0.717) is 6.54 Å². The maximum Gasteiger partial charge on any atom is 0.197 e. The molecule has 122 valence electrons. The SMILES string of the molecule is O=C(c1ccn2c1CNC2c1cccnc1)c1c[nH]c2ccccc12. The minimum absolute atomic E-state index is 0.0215. The molecule has 0 radical (unpaired) electrons. The highest BCUT2D eigenvalue weighted by molar-refractivity contribution is 6.16.